The molecule has 154 valence electrons. The Morgan fingerprint density at radius 1 is 1.19 bits per heavy atom. The zero-order valence-corrected chi connectivity index (χ0v) is 18.6. The second kappa shape index (κ2) is 9.26. The molecule has 3 aliphatic heterocycles. The third-order valence-electron chi connectivity index (χ3n) is 4.62. The van der Waals surface area contributed by atoms with E-state index in [1.165, 1.54) is 0 Å². The monoisotopic (exact) mass is 495 g/mol. The van der Waals surface area contributed by atoms with Crippen LogP contribution in [0.4, 0.5) is 4.79 Å². The van der Waals surface area contributed by atoms with Crippen molar-refractivity contribution in [1.29, 1.82) is 0 Å². The predicted molar refractivity (Wildman–Crippen MR) is 111 cm³/mol. The first kappa shape index (κ1) is 22.0. The lowest BCUT2D eigenvalue weighted by molar-refractivity contribution is -0.134. The second-order valence-electron chi connectivity index (χ2n) is 7.78. The number of carbonyl (C=O) groups is 2. The summed E-state index contributed by atoms with van der Waals surface area (Å²) in [7, 11) is 0. The quantitative estimate of drug-likeness (QED) is 0.557. The van der Waals surface area contributed by atoms with Gasteiger partial charge < -0.3 is 29.5 Å². The number of piperazine rings is 1. The van der Waals surface area contributed by atoms with Crippen LogP contribution in [0.1, 0.15) is 20.8 Å². The van der Waals surface area contributed by atoms with Gasteiger partial charge in [0, 0.05) is 32.7 Å². The molecule has 3 aliphatic rings. The summed E-state index contributed by atoms with van der Waals surface area (Å²) >= 11 is 0. The van der Waals surface area contributed by atoms with E-state index in [1.54, 1.807) is 4.90 Å². The maximum atomic E-state index is 12.3. The minimum atomic E-state index is -0.493. The van der Waals surface area contributed by atoms with Crippen LogP contribution in [0.15, 0.2) is 4.99 Å². The van der Waals surface area contributed by atoms with Crippen molar-refractivity contribution in [2.45, 2.75) is 32.4 Å². The number of nitrogens with zero attached hydrogens (tertiary/aromatic N) is 4. The lowest BCUT2D eigenvalue weighted by Gasteiger charge is -2.39. The average Bonchev–Trinajstić information content (AvgIpc) is 3.01. The van der Waals surface area contributed by atoms with E-state index < -0.39 is 5.60 Å². The number of aliphatic imine (C=N–C) groups is 1. The van der Waals surface area contributed by atoms with Gasteiger partial charge in [0.1, 0.15) is 5.60 Å². The van der Waals surface area contributed by atoms with Crippen molar-refractivity contribution in [3.8, 4) is 0 Å². The Labute approximate surface area is 177 Å². The molecule has 2 saturated heterocycles. The summed E-state index contributed by atoms with van der Waals surface area (Å²) in [5, 5.41) is 3.17. The lowest BCUT2D eigenvalue weighted by Crippen LogP contribution is -2.58. The van der Waals surface area contributed by atoms with Crippen molar-refractivity contribution in [3.05, 3.63) is 0 Å². The molecule has 2 fully saturated rings. The molecule has 0 aliphatic carbocycles. The first-order chi connectivity index (χ1) is 12.3. The molecule has 1 N–H and O–H groups in total. The van der Waals surface area contributed by atoms with Gasteiger partial charge in [-0.1, -0.05) is 0 Å². The van der Waals surface area contributed by atoms with E-state index in [-0.39, 0.29) is 48.6 Å². The van der Waals surface area contributed by atoms with E-state index in [1.807, 2.05) is 25.7 Å². The Balaban J connectivity index is 0.00000261. The van der Waals surface area contributed by atoms with Crippen LogP contribution in [0.5, 0.6) is 0 Å². The number of rotatable bonds is 2. The number of guanidine groups is 1. The van der Waals surface area contributed by atoms with Crippen LogP contribution in [0.25, 0.3) is 0 Å². The molecule has 27 heavy (non-hydrogen) atoms. The van der Waals surface area contributed by atoms with Gasteiger partial charge in [0.15, 0.2) is 5.96 Å². The highest BCUT2D eigenvalue weighted by molar-refractivity contribution is 14.0. The number of morpholine rings is 1. The Bertz CT molecular complexity index is 574. The summed E-state index contributed by atoms with van der Waals surface area (Å²) in [5.41, 5.74) is -0.493. The van der Waals surface area contributed by atoms with Crippen molar-refractivity contribution in [2.24, 2.45) is 4.99 Å². The van der Waals surface area contributed by atoms with Gasteiger partial charge >= 0.3 is 6.09 Å². The standard InChI is InChI=1S/C17H29N5O4.HI/c1-17(2,3)26-16(24)21-4-5-22-13(12-21)10-18-15(22)19-11-14(23)20-6-8-25-9-7-20;/h13H,4-12H2,1-3H3,(H,18,19);1H. The Morgan fingerprint density at radius 3 is 2.56 bits per heavy atom. The van der Waals surface area contributed by atoms with E-state index in [4.69, 9.17) is 9.47 Å². The van der Waals surface area contributed by atoms with Gasteiger partial charge in [-0.05, 0) is 20.8 Å². The summed E-state index contributed by atoms with van der Waals surface area (Å²) in [5.74, 6) is 0.812. The molecule has 9 nitrogen and oxygen atoms in total. The number of ether oxygens (including phenoxy) is 2. The zero-order chi connectivity index (χ0) is 18.7. The molecule has 1 unspecified atom stereocenters. The third kappa shape index (κ3) is 5.84. The number of hydrogen-bond acceptors (Lipinski definition) is 7. The highest BCUT2D eigenvalue weighted by Gasteiger charge is 2.36. The summed E-state index contributed by atoms with van der Waals surface area (Å²) in [4.78, 5) is 34.7. The fourth-order valence-electron chi connectivity index (χ4n) is 3.30. The fourth-order valence-corrected chi connectivity index (χ4v) is 3.30. The molecule has 0 aromatic carbocycles. The van der Waals surface area contributed by atoms with Crippen molar-refractivity contribution >= 4 is 41.9 Å². The van der Waals surface area contributed by atoms with Crippen LogP contribution in [0, 0.1) is 0 Å². The van der Waals surface area contributed by atoms with E-state index in [2.05, 4.69) is 15.2 Å². The van der Waals surface area contributed by atoms with Gasteiger partial charge in [-0.2, -0.15) is 0 Å². The molecule has 3 rings (SSSR count). The third-order valence-corrected chi connectivity index (χ3v) is 4.62. The van der Waals surface area contributed by atoms with E-state index in [9.17, 15) is 9.59 Å². The number of nitrogens with one attached hydrogen (secondary N) is 1. The molecule has 2 amide bonds. The summed E-state index contributed by atoms with van der Waals surface area (Å²) < 4.78 is 10.7. The van der Waals surface area contributed by atoms with Crippen LogP contribution in [0.2, 0.25) is 0 Å². The summed E-state index contributed by atoms with van der Waals surface area (Å²) in [6.45, 7) is 10.8. The number of fused-ring (bicyclic) bond motifs is 1. The fraction of sp³-hybridized carbons (Fsp3) is 0.824. The van der Waals surface area contributed by atoms with Crippen LogP contribution >= 0.6 is 24.0 Å². The van der Waals surface area contributed by atoms with E-state index >= 15 is 0 Å². The summed E-state index contributed by atoms with van der Waals surface area (Å²) in [6.07, 6.45) is -0.277. The SMILES string of the molecule is CC(C)(C)OC(=O)N1CCN2C(NCC(=O)N3CCOCC3)=NCC2C1.I. The molecule has 0 radical (unpaired) electrons. The van der Waals surface area contributed by atoms with Crippen LogP contribution in [0.3, 0.4) is 0 Å². The molecule has 3 heterocycles. The van der Waals surface area contributed by atoms with Crippen molar-refractivity contribution in [2.75, 3.05) is 59.0 Å². The minimum Gasteiger partial charge on any atom is -0.444 e. The molecule has 0 aromatic heterocycles. The average molecular weight is 495 g/mol. The molecular weight excluding hydrogens is 465 g/mol. The summed E-state index contributed by atoms with van der Waals surface area (Å²) in [6, 6.07) is 0.136. The maximum absolute atomic E-state index is 12.3. The largest absolute Gasteiger partial charge is 0.444 e. The van der Waals surface area contributed by atoms with Crippen molar-refractivity contribution in [3.63, 3.8) is 0 Å². The highest BCUT2D eigenvalue weighted by atomic mass is 127. The van der Waals surface area contributed by atoms with Gasteiger partial charge in [0.05, 0.1) is 32.3 Å². The van der Waals surface area contributed by atoms with E-state index in [0.717, 1.165) is 5.96 Å². The van der Waals surface area contributed by atoms with E-state index in [0.29, 0.717) is 52.5 Å². The number of carbonyl (C=O) groups excluding carboxylic acids is 2. The second-order valence-corrected chi connectivity index (χ2v) is 7.78. The smallest absolute Gasteiger partial charge is 0.410 e. The maximum Gasteiger partial charge on any atom is 0.410 e. The molecule has 0 aromatic rings. The zero-order valence-electron chi connectivity index (χ0n) is 16.3. The van der Waals surface area contributed by atoms with Gasteiger partial charge in [-0.3, -0.25) is 9.79 Å². The van der Waals surface area contributed by atoms with Crippen LogP contribution in [-0.4, -0.2) is 103 Å². The van der Waals surface area contributed by atoms with Gasteiger partial charge in [-0.15, -0.1) is 24.0 Å². The number of hydrogen-bond donors (Lipinski definition) is 1. The first-order valence-corrected chi connectivity index (χ1v) is 9.22. The Kier molecular flexibility index (Phi) is 7.55. The molecule has 0 bridgehead atoms. The molecular formula is C17H30IN5O4. The van der Waals surface area contributed by atoms with Gasteiger partial charge in [0.25, 0.3) is 0 Å². The normalized spacial score (nSPS) is 22.6. The molecule has 0 saturated carbocycles. The molecule has 1 atom stereocenters. The molecule has 0 spiro atoms. The topological polar surface area (TPSA) is 86.7 Å². The van der Waals surface area contributed by atoms with Crippen LogP contribution < -0.4 is 5.32 Å². The minimum absolute atomic E-state index is 0. The Hall–Kier alpha value is -1.30. The van der Waals surface area contributed by atoms with Crippen molar-refractivity contribution in [1.82, 2.24) is 20.0 Å². The van der Waals surface area contributed by atoms with Crippen LogP contribution in [-0.2, 0) is 14.3 Å². The predicted octanol–water partition coefficient (Wildman–Crippen LogP) is 0.344. The molecule has 10 heteroatoms. The van der Waals surface area contributed by atoms with Crippen molar-refractivity contribution < 1.29 is 19.1 Å². The lowest BCUT2D eigenvalue weighted by atomic mass is 10.2. The number of halogens is 1. The first-order valence-electron chi connectivity index (χ1n) is 9.22. The van der Waals surface area contributed by atoms with Gasteiger partial charge in [-0.25, -0.2) is 4.79 Å². The highest BCUT2D eigenvalue weighted by Crippen LogP contribution is 2.18. The number of amides is 2. The van der Waals surface area contributed by atoms with Gasteiger partial charge in [0.2, 0.25) is 5.91 Å². The Morgan fingerprint density at radius 2 is 1.89 bits per heavy atom.